The number of nitrogens with zero attached hydrogens (tertiary/aromatic N) is 6. The summed E-state index contributed by atoms with van der Waals surface area (Å²) in [5.74, 6) is 0.110. The van der Waals surface area contributed by atoms with Crippen molar-refractivity contribution in [2.24, 2.45) is 11.5 Å². The van der Waals surface area contributed by atoms with Gasteiger partial charge >= 0.3 is 0 Å². The van der Waals surface area contributed by atoms with E-state index in [1.165, 1.54) is 6.20 Å². The number of thiazole rings is 1. The van der Waals surface area contributed by atoms with Crippen LogP contribution in [0, 0.1) is 0 Å². The molecule has 3 aromatic rings. The Balaban J connectivity index is 1.31. The van der Waals surface area contributed by atoms with Crippen LogP contribution in [-0.2, 0) is 0 Å². The van der Waals surface area contributed by atoms with Gasteiger partial charge in [-0.25, -0.2) is 9.97 Å². The van der Waals surface area contributed by atoms with E-state index >= 15 is 0 Å². The van der Waals surface area contributed by atoms with Crippen LogP contribution in [0.5, 0.6) is 0 Å². The first kappa shape index (κ1) is 23.9. The fourth-order valence-corrected chi connectivity index (χ4v) is 5.21. The molecule has 0 spiro atoms. The summed E-state index contributed by atoms with van der Waals surface area (Å²) in [4.78, 5) is 44.6. The number of carbonyl (C=O) groups excluding carboxylic acids is 2. The summed E-state index contributed by atoms with van der Waals surface area (Å²) >= 11 is 1.60. The van der Waals surface area contributed by atoms with E-state index < -0.39 is 5.91 Å². The number of benzene rings is 1. The average molecular weight is 508 g/mol. The van der Waals surface area contributed by atoms with Crippen molar-refractivity contribution in [3.8, 4) is 0 Å². The summed E-state index contributed by atoms with van der Waals surface area (Å²) in [6.07, 6.45) is 5.14. The number of piperidine rings is 1. The Hall–Kier alpha value is -3.77. The largest absolute Gasteiger partial charge is 0.365 e. The third-order valence-corrected chi connectivity index (χ3v) is 7.24. The number of nitrogens with two attached hydrogens (primary N) is 2. The van der Waals surface area contributed by atoms with E-state index in [2.05, 4.69) is 25.2 Å². The molecule has 36 heavy (non-hydrogen) atoms. The van der Waals surface area contributed by atoms with Crippen LogP contribution in [0.25, 0.3) is 0 Å². The Morgan fingerprint density at radius 2 is 1.92 bits per heavy atom. The van der Waals surface area contributed by atoms with Gasteiger partial charge in [0.2, 0.25) is 5.95 Å². The number of carbonyl (C=O) groups is 2. The molecular formula is C24H29N9O2S. The molecule has 12 heteroatoms. The molecule has 2 saturated heterocycles. The number of piperazine rings is 1. The number of rotatable bonds is 6. The molecular weight excluding hydrogens is 478 g/mol. The van der Waals surface area contributed by atoms with E-state index in [9.17, 15) is 9.59 Å². The van der Waals surface area contributed by atoms with Gasteiger partial charge in [-0.3, -0.25) is 9.59 Å². The first-order valence-electron chi connectivity index (χ1n) is 12.0. The number of primary amides is 1. The minimum atomic E-state index is -0.635. The van der Waals surface area contributed by atoms with Gasteiger partial charge < -0.3 is 31.5 Å². The summed E-state index contributed by atoms with van der Waals surface area (Å²) in [5, 5.41) is 6.11. The highest BCUT2D eigenvalue weighted by molar-refractivity contribution is 7.13. The predicted octanol–water partition coefficient (Wildman–Crippen LogP) is 1.67. The molecule has 2 aliphatic heterocycles. The Bertz CT molecular complexity index is 1230. The van der Waals surface area contributed by atoms with E-state index in [1.54, 1.807) is 35.7 Å². The second-order valence-corrected chi connectivity index (χ2v) is 9.82. The number of nitrogens with one attached hydrogen (secondary N) is 1. The lowest BCUT2D eigenvalue weighted by Gasteiger charge is -2.34. The van der Waals surface area contributed by atoms with Crippen LogP contribution < -0.4 is 26.6 Å². The van der Waals surface area contributed by atoms with Gasteiger partial charge in [0.15, 0.2) is 5.13 Å². The highest BCUT2D eigenvalue weighted by Gasteiger charge is 2.24. The molecule has 5 rings (SSSR count). The van der Waals surface area contributed by atoms with Crippen molar-refractivity contribution in [3.05, 3.63) is 53.2 Å². The molecule has 1 atom stereocenters. The zero-order chi connectivity index (χ0) is 25.1. The highest BCUT2D eigenvalue weighted by atomic mass is 32.1. The monoisotopic (exact) mass is 507 g/mol. The molecule has 0 saturated carbocycles. The first-order valence-corrected chi connectivity index (χ1v) is 12.8. The topological polar surface area (TPSA) is 147 Å². The van der Waals surface area contributed by atoms with E-state index in [1.807, 2.05) is 21.2 Å². The maximum atomic E-state index is 13.2. The molecule has 11 nitrogen and oxygen atoms in total. The van der Waals surface area contributed by atoms with Gasteiger partial charge in [0.1, 0.15) is 11.4 Å². The third-order valence-electron chi connectivity index (χ3n) is 6.41. The smallest absolute Gasteiger partial charge is 0.254 e. The number of hydrogen-bond acceptors (Lipinski definition) is 10. The molecule has 0 bridgehead atoms. The van der Waals surface area contributed by atoms with Gasteiger partial charge in [-0.1, -0.05) is 6.07 Å². The Morgan fingerprint density at radius 3 is 2.64 bits per heavy atom. The summed E-state index contributed by atoms with van der Waals surface area (Å²) in [6.45, 7) is 4.16. The predicted molar refractivity (Wildman–Crippen MR) is 140 cm³/mol. The van der Waals surface area contributed by atoms with E-state index in [4.69, 9.17) is 11.5 Å². The second kappa shape index (κ2) is 10.5. The summed E-state index contributed by atoms with van der Waals surface area (Å²) < 4.78 is 0. The third kappa shape index (κ3) is 5.24. The molecule has 188 valence electrons. The lowest BCUT2D eigenvalue weighted by molar-refractivity contribution is 0.0746. The van der Waals surface area contributed by atoms with Crippen molar-refractivity contribution < 1.29 is 9.59 Å². The van der Waals surface area contributed by atoms with Crippen LogP contribution in [0.1, 0.15) is 33.6 Å². The second-order valence-electron chi connectivity index (χ2n) is 8.94. The fraction of sp³-hybridized carbons (Fsp3) is 0.375. The average Bonchev–Trinajstić information content (AvgIpc) is 3.43. The molecule has 2 aromatic heterocycles. The van der Waals surface area contributed by atoms with Crippen LogP contribution in [0.2, 0.25) is 0 Å². The van der Waals surface area contributed by atoms with Gasteiger partial charge in [-0.2, -0.15) is 4.98 Å². The molecule has 1 aromatic carbocycles. The van der Waals surface area contributed by atoms with Gasteiger partial charge in [0, 0.05) is 74.3 Å². The van der Waals surface area contributed by atoms with E-state index in [-0.39, 0.29) is 17.5 Å². The SMILES string of the molecule is NC(=O)c1cnc(N2CCCC(N)C2)nc1Nc1cccc(C(=O)N2CCN(c3nccs3)CC2)c1. The molecule has 1 unspecified atom stereocenters. The number of amides is 2. The number of hydrogen-bond donors (Lipinski definition) is 3. The van der Waals surface area contributed by atoms with Crippen molar-refractivity contribution in [2.45, 2.75) is 18.9 Å². The maximum Gasteiger partial charge on any atom is 0.254 e. The summed E-state index contributed by atoms with van der Waals surface area (Å²) in [5.41, 5.74) is 13.1. The van der Waals surface area contributed by atoms with Crippen LogP contribution >= 0.6 is 11.3 Å². The number of anilines is 4. The van der Waals surface area contributed by atoms with Gasteiger partial charge in [-0.15, -0.1) is 11.3 Å². The quantitative estimate of drug-likeness (QED) is 0.453. The summed E-state index contributed by atoms with van der Waals surface area (Å²) in [7, 11) is 0. The number of aromatic nitrogens is 3. The van der Waals surface area contributed by atoms with Crippen molar-refractivity contribution in [3.63, 3.8) is 0 Å². The van der Waals surface area contributed by atoms with Crippen LogP contribution in [0.3, 0.4) is 0 Å². The maximum absolute atomic E-state index is 13.2. The molecule has 4 heterocycles. The lowest BCUT2D eigenvalue weighted by atomic mass is 10.1. The standard InChI is InChI=1S/C24H29N9O2S/c25-17-4-2-7-33(15-17)23-28-14-19(20(26)34)21(30-23)29-18-5-1-3-16(13-18)22(35)31-8-10-32(11-9-31)24-27-6-12-36-24/h1,3,5-6,12-14,17H,2,4,7-11,15,25H2,(H2,26,34)(H,28,29,30). The molecule has 0 aliphatic carbocycles. The lowest BCUT2D eigenvalue weighted by Crippen LogP contribution is -2.48. The van der Waals surface area contributed by atoms with Crippen molar-refractivity contribution in [2.75, 3.05) is 54.4 Å². The minimum Gasteiger partial charge on any atom is -0.365 e. The normalized spacial score (nSPS) is 18.2. The first-order chi connectivity index (χ1) is 17.5. The van der Waals surface area contributed by atoms with Crippen molar-refractivity contribution >= 4 is 45.7 Å². The van der Waals surface area contributed by atoms with Crippen LogP contribution in [-0.4, -0.2) is 77.0 Å². The minimum absolute atomic E-state index is 0.0433. The van der Waals surface area contributed by atoms with Crippen molar-refractivity contribution in [1.29, 1.82) is 0 Å². The van der Waals surface area contributed by atoms with Gasteiger partial charge in [-0.05, 0) is 31.0 Å². The summed E-state index contributed by atoms with van der Waals surface area (Å²) in [6, 6.07) is 7.23. The Labute approximate surface area is 213 Å². The molecule has 2 amide bonds. The van der Waals surface area contributed by atoms with Crippen molar-refractivity contribution in [1.82, 2.24) is 19.9 Å². The fourth-order valence-electron chi connectivity index (χ4n) is 4.51. The molecule has 0 radical (unpaired) electrons. The van der Waals surface area contributed by atoms with Crippen LogP contribution in [0.15, 0.2) is 42.0 Å². The zero-order valence-electron chi connectivity index (χ0n) is 19.8. The molecule has 5 N–H and O–H groups in total. The van der Waals surface area contributed by atoms with E-state index in [0.29, 0.717) is 42.7 Å². The Morgan fingerprint density at radius 1 is 1.08 bits per heavy atom. The van der Waals surface area contributed by atoms with E-state index in [0.717, 1.165) is 37.6 Å². The van der Waals surface area contributed by atoms with Gasteiger partial charge in [0.05, 0.1) is 0 Å². The van der Waals surface area contributed by atoms with Crippen LogP contribution in [0.4, 0.5) is 22.6 Å². The Kier molecular flexibility index (Phi) is 6.96. The zero-order valence-corrected chi connectivity index (χ0v) is 20.7. The molecule has 2 aliphatic rings. The van der Waals surface area contributed by atoms with Gasteiger partial charge in [0.25, 0.3) is 11.8 Å². The molecule has 2 fully saturated rings. The highest BCUT2D eigenvalue weighted by Crippen LogP contribution is 2.24.